The van der Waals surface area contributed by atoms with Gasteiger partial charge in [-0.05, 0) is 20.8 Å². The fourth-order valence-corrected chi connectivity index (χ4v) is 1.44. The summed E-state index contributed by atoms with van der Waals surface area (Å²) >= 11 is 0. The second-order valence-corrected chi connectivity index (χ2v) is 3.52. The summed E-state index contributed by atoms with van der Waals surface area (Å²) in [6.45, 7) is 6.32. The molecule has 1 aromatic rings. The van der Waals surface area contributed by atoms with E-state index in [1.165, 1.54) is 0 Å². The number of nitrogens with zero attached hydrogens (tertiary/aromatic N) is 2. The van der Waals surface area contributed by atoms with Crippen LogP contribution in [-0.4, -0.2) is 16.6 Å². The molecule has 3 nitrogen and oxygen atoms in total. The number of anilines is 1. The van der Waals surface area contributed by atoms with Gasteiger partial charge < -0.3 is 9.88 Å². The third kappa shape index (κ3) is 1.91. The Morgan fingerprint density at radius 3 is 2.77 bits per heavy atom. The molecule has 0 unspecified atom stereocenters. The SMILES string of the molecule is C/C=C\C(C)(C)n1ccnc1NC. The van der Waals surface area contributed by atoms with Gasteiger partial charge in [0.05, 0.1) is 5.54 Å². The van der Waals surface area contributed by atoms with Gasteiger partial charge in [0.1, 0.15) is 0 Å². The van der Waals surface area contributed by atoms with E-state index >= 15 is 0 Å². The van der Waals surface area contributed by atoms with Gasteiger partial charge in [0, 0.05) is 19.4 Å². The minimum atomic E-state index is -0.0242. The standard InChI is InChI=1S/C10H17N3/c1-5-6-10(2,3)13-8-7-12-9(13)11-4/h5-8H,1-4H3,(H,11,12)/b6-5-. The predicted molar refractivity (Wildman–Crippen MR) is 55.9 cm³/mol. The van der Waals surface area contributed by atoms with E-state index in [-0.39, 0.29) is 5.54 Å². The van der Waals surface area contributed by atoms with E-state index in [0.717, 1.165) is 5.95 Å². The molecule has 1 heterocycles. The molecule has 1 aromatic heterocycles. The summed E-state index contributed by atoms with van der Waals surface area (Å²) in [4.78, 5) is 4.20. The summed E-state index contributed by atoms with van der Waals surface area (Å²) in [6.07, 6.45) is 7.98. The van der Waals surface area contributed by atoms with Crippen molar-refractivity contribution in [3.8, 4) is 0 Å². The van der Waals surface area contributed by atoms with Crippen LogP contribution in [0.5, 0.6) is 0 Å². The molecule has 3 heteroatoms. The number of hydrogen-bond donors (Lipinski definition) is 1. The van der Waals surface area contributed by atoms with Crippen molar-refractivity contribution in [1.29, 1.82) is 0 Å². The number of aromatic nitrogens is 2. The van der Waals surface area contributed by atoms with Crippen molar-refractivity contribution in [2.45, 2.75) is 26.3 Å². The first-order valence-electron chi connectivity index (χ1n) is 4.47. The van der Waals surface area contributed by atoms with Crippen molar-refractivity contribution in [3.05, 3.63) is 24.5 Å². The van der Waals surface area contributed by atoms with Crippen LogP contribution in [0.2, 0.25) is 0 Å². The summed E-state index contributed by atoms with van der Waals surface area (Å²) in [5.41, 5.74) is -0.0242. The molecule has 0 saturated carbocycles. The van der Waals surface area contributed by atoms with Gasteiger partial charge in [-0.2, -0.15) is 0 Å². The lowest BCUT2D eigenvalue weighted by atomic mass is 10.1. The number of allylic oxidation sites excluding steroid dienone is 2. The Kier molecular flexibility index (Phi) is 2.76. The lowest BCUT2D eigenvalue weighted by Gasteiger charge is -2.24. The van der Waals surface area contributed by atoms with Gasteiger partial charge in [0.2, 0.25) is 5.95 Å². The van der Waals surface area contributed by atoms with Crippen molar-refractivity contribution in [2.24, 2.45) is 0 Å². The quantitative estimate of drug-likeness (QED) is 0.721. The molecule has 0 fully saturated rings. The largest absolute Gasteiger partial charge is 0.359 e. The van der Waals surface area contributed by atoms with E-state index in [4.69, 9.17) is 0 Å². The Labute approximate surface area is 79.5 Å². The van der Waals surface area contributed by atoms with E-state index in [9.17, 15) is 0 Å². The van der Waals surface area contributed by atoms with Gasteiger partial charge in [-0.1, -0.05) is 12.2 Å². The molecule has 0 aliphatic rings. The maximum atomic E-state index is 4.20. The number of hydrogen-bond acceptors (Lipinski definition) is 2. The van der Waals surface area contributed by atoms with Crippen LogP contribution in [0.4, 0.5) is 5.95 Å². The molecule has 0 aliphatic carbocycles. The fourth-order valence-electron chi connectivity index (χ4n) is 1.44. The Morgan fingerprint density at radius 2 is 2.23 bits per heavy atom. The maximum Gasteiger partial charge on any atom is 0.203 e. The second-order valence-electron chi connectivity index (χ2n) is 3.52. The lowest BCUT2D eigenvalue weighted by Crippen LogP contribution is -2.24. The lowest BCUT2D eigenvalue weighted by molar-refractivity contribution is 0.459. The molecule has 0 spiro atoms. The van der Waals surface area contributed by atoms with Crippen molar-refractivity contribution in [1.82, 2.24) is 9.55 Å². The van der Waals surface area contributed by atoms with E-state index in [1.54, 1.807) is 6.20 Å². The van der Waals surface area contributed by atoms with Crippen LogP contribution >= 0.6 is 0 Å². The highest BCUT2D eigenvalue weighted by atomic mass is 15.2. The summed E-state index contributed by atoms with van der Waals surface area (Å²) in [6, 6.07) is 0. The smallest absolute Gasteiger partial charge is 0.203 e. The number of nitrogens with one attached hydrogen (secondary N) is 1. The molecule has 72 valence electrons. The van der Waals surface area contributed by atoms with Crippen LogP contribution in [0, 0.1) is 0 Å². The number of rotatable bonds is 3. The minimum absolute atomic E-state index is 0.0242. The van der Waals surface area contributed by atoms with Crippen LogP contribution in [-0.2, 0) is 5.54 Å². The molecule has 0 atom stereocenters. The average molecular weight is 179 g/mol. The molecule has 0 aliphatic heterocycles. The summed E-state index contributed by atoms with van der Waals surface area (Å²) in [7, 11) is 1.88. The van der Waals surface area contributed by atoms with Gasteiger partial charge >= 0.3 is 0 Å². The van der Waals surface area contributed by atoms with E-state index < -0.39 is 0 Å². The van der Waals surface area contributed by atoms with Crippen molar-refractivity contribution in [3.63, 3.8) is 0 Å². The zero-order chi connectivity index (χ0) is 9.90. The molecular weight excluding hydrogens is 162 g/mol. The van der Waals surface area contributed by atoms with Gasteiger partial charge in [-0.3, -0.25) is 0 Å². The van der Waals surface area contributed by atoms with Crippen LogP contribution in [0.3, 0.4) is 0 Å². The first-order valence-corrected chi connectivity index (χ1v) is 4.47. The zero-order valence-electron chi connectivity index (χ0n) is 8.70. The molecule has 0 bridgehead atoms. The molecule has 0 amide bonds. The van der Waals surface area contributed by atoms with Crippen molar-refractivity contribution < 1.29 is 0 Å². The number of imidazole rings is 1. The highest BCUT2D eigenvalue weighted by Gasteiger charge is 2.18. The zero-order valence-corrected chi connectivity index (χ0v) is 8.70. The van der Waals surface area contributed by atoms with Gasteiger partial charge in [-0.15, -0.1) is 0 Å². The first kappa shape index (κ1) is 9.84. The summed E-state index contributed by atoms with van der Waals surface area (Å²) in [5.74, 6) is 0.892. The molecule has 1 rings (SSSR count). The molecule has 0 radical (unpaired) electrons. The van der Waals surface area contributed by atoms with E-state index in [0.29, 0.717) is 0 Å². The van der Waals surface area contributed by atoms with Gasteiger partial charge in [0.25, 0.3) is 0 Å². The highest BCUT2D eigenvalue weighted by molar-refractivity contribution is 5.27. The van der Waals surface area contributed by atoms with Crippen LogP contribution in [0.15, 0.2) is 24.5 Å². The van der Waals surface area contributed by atoms with Crippen LogP contribution < -0.4 is 5.32 Å². The van der Waals surface area contributed by atoms with E-state index in [1.807, 2.05) is 20.2 Å². The Balaban J connectivity index is 3.05. The third-order valence-electron chi connectivity index (χ3n) is 2.06. The van der Waals surface area contributed by atoms with Gasteiger partial charge in [-0.25, -0.2) is 4.98 Å². The van der Waals surface area contributed by atoms with Crippen molar-refractivity contribution >= 4 is 5.95 Å². The van der Waals surface area contributed by atoms with Crippen LogP contribution in [0.25, 0.3) is 0 Å². The van der Waals surface area contributed by atoms with Crippen LogP contribution in [0.1, 0.15) is 20.8 Å². The Bertz CT molecular complexity index is 297. The summed E-state index contributed by atoms with van der Waals surface area (Å²) in [5, 5.41) is 3.06. The maximum absolute atomic E-state index is 4.20. The predicted octanol–water partition coefficient (Wildman–Crippen LogP) is 2.24. The van der Waals surface area contributed by atoms with Crippen molar-refractivity contribution in [2.75, 3.05) is 12.4 Å². The molecule has 13 heavy (non-hydrogen) atoms. The van der Waals surface area contributed by atoms with E-state index in [2.05, 4.69) is 40.9 Å². The Hall–Kier alpha value is -1.25. The molecular formula is C10H17N3. The second kappa shape index (κ2) is 3.64. The Morgan fingerprint density at radius 1 is 1.54 bits per heavy atom. The highest BCUT2D eigenvalue weighted by Crippen LogP contribution is 2.21. The third-order valence-corrected chi connectivity index (χ3v) is 2.06. The minimum Gasteiger partial charge on any atom is -0.359 e. The fraction of sp³-hybridized carbons (Fsp3) is 0.500. The molecule has 0 aromatic carbocycles. The topological polar surface area (TPSA) is 29.9 Å². The molecule has 1 N–H and O–H groups in total. The summed E-state index contributed by atoms with van der Waals surface area (Å²) < 4.78 is 2.10. The molecule has 0 saturated heterocycles. The van der Waals surface area contributed by atoms with Gasteiger partial charge in [0.15, 0.2) is 0 Å². The normalized spacial score (nSPS) is 12.3. The monoisotopic (exact) mass is 179 g/mol. The average Bonchev–Trinajstić information content (AvgIpc) is 2.51. The first-order chi connectivity index (χ1) is 6.11.